The fourth-order valence-electron chi connectivity index (χ4n) is 6.87. The van der Waals surface area contributed by atoms with E-state index in [0.29, 0.717) is 13.0 Å². The molecule has 1 heterocycles. The highest BCUT2D eigenvalue weighted by molar-refractivity contribution is 5.91. The van der Waals surface area contributed by atoms with Gasteiger partial charge in [-0.15, -0.1) is 0 Å². The van der Waals surface area contributed by atoms with Crippen molar-refractivity contribution in [1.82, 2.24) is 10.1 Å². The van der Waals surface area contributed by atoms with E-state index >= 15 is 0 Å². The summed E-state index contributed by atoms with van der Waals surface area (Å²) in [5, 5.41) is 13.8. The smallest absolute Gasteiger partial charge is 0.292 e. The number of aromatic nitrogens is 1. The second kappa shape index (κ2) is 8.30. The van der Waals surface area contributed by atoms with E-state index in [1.54, 1.807) is 13.2 Å². The Labute approximate surface area is 183 Å². The van der Waals surface area contributed by atoms with Gasteiger partial charge in [-0.1, -0.05) is 17.3 Å². The third-order valence-electron chi connectivity index (χ3n) is 7.66. The van der Waals surface area contributed by atoms with E-state index in [2.05, 4.69) is 5.16 Å². The summed E-state index contributed by atoms with van der Waals surface area (Å²) in [6.07, 6.45) is 8.42. The lowest BCUT2D eigenvalue weighted by Gasteiger charge is -2.57. The van der Waals surface area contributed by atoms with Gasteiger partial charge in [-0.3, -0.25) is 4.79 Å². The first-order chi connectivity index (χ1) is 15.1. The number of hydrogen-bond acceptors (Lipinski definition) is 5. The molecule has 0 radical (unpaired) electrons. The summed E-state index contributed by atoms with van der Waals surface area (Å²) >= 11 is 0. The van der Waals surface area contributed by atoms with Crippen LogP contribution in [0.3, 0.4) is 0 Å². The highest BCUT2D eigenvalue weighted by Crippen LogP contribution is 2.60. The van der Waals surface area contributed by atoms with Crippen LogP contribution in [0.15, 0.2) is 34.9 Å². The molecule has 0 spiro atoms. The number of amides is 1. The normalized spacial score (nSPS) is 28.6. The molecule has 4 fully saturated rings. The lowest BCUT2D eigenvalue weighted by atomic mass is 9.49. The number of nitrogens with zero attached hydrogens (tertiary/aromatic N) is 2. The van der Waals surface area contributed by atoms with E-state index in [0.717, 1.165) is 41.3 Å². The van der Waals surface area contributed by atoms with Crippen molar-refractivity contribution in [1.29, 1.82) is 0 Å². The predicted molar refractivity (Wildman–Crippen MR) is 116 cm³/mol. The molecule has 6 heteroatoms. The van der Waals surface area contributed by atoms with Crippen LogP contribution < -0.4 is 4.74 Å². The van der Waals surface area contributed by atoms with Crippen molar-refractivity contribution < 1.29 is 19.2 Å². The third kappa shape index (κ3) is 4.22. The number of carbonyl (C=O) groups excluding carboxylic acids is 1. The lowest BCUT2D eigenvalue weighted by Crippen LogP contribution is -2.52. The summed E-state index contributed by atoms with van der Waals surface area (Å²) in [5.41, 5.74) is 2.03. The molecule has 4 aliphatic rings. The number of carbonyl (C=O) groups is 1. The first-order valence-corrected chi connectivity index (χ1v) is 11.5. The van der Waals surface area contributed by atoms with Crippen LogP contribution >= 0.6 is 0 Å². The number of ether oxygens (including phenoxy) is 1. The second-order valence-electron chi connectivity index (χ2n) is 10.1. The maximum absolute atomic E-state index is 13.3. The number of rotatable bonds is 8. The first-order valence-electron chi connectivity index (χ1n) is 11.5. The molecular formula is C25H32N2O4. The molecule has 6 rings (SSSR count). The van der Waals surface area contributed by atoms with Crippen LogP contribution in [-0.4, -0.2) is 47.9 Å². The van der Waals surface area contributed by atoms with Crippen molar-refractivity contribution in [3.8, 4) is 5.75 Å². The number of methoxy groups -OCH3 is 1. The summed E-state index contributed by atoms with van der Waals surface area (Å²) in [4.78, 5) is 15.1. The van der Waals surface area contributed by atoms with Crippen LogP contribution in [0, 0.1) is 23.2 Å². The van der Waals surface area contributed by atoms with E-state index in [4.69, 9.17) is 9.26 Å². The Morgan fingerprint density at radius 1 is 1.16 bits per heavy atom. The molecule has 2 aromatic rings. The molecule has 0 unspecified atom stereocenters. The highest BCUT2D eigenvalue weighted by atomic mass is 16.5. The SMILES string of the molecule is COc1ccc(Cc2cc(C(=O)N(CCO)CC34CC5CC(CC(C5)C3)C4)on2)cc1. The van der Waals surface area contributed by atoms with E-state index in [-0.39, 0.29) is 23.7 Å². The second-order valence-corrected chi connectivity index (χ2v) is 10.1. The van der Waals surface area contributed by atoms with Crippen LogP contribution in [0.4, 0.5) is 0 Å². The Balaban J connectivity index is 1.28. The molecule has 0 saturated heterocycles. The van der Waals surface area contributed by atoms with Crippen molar-refractivity contribution in [2.75, 3.05) is 26.8 Å². The average molecular weight is 425 g/mol. The number of benzene rings is 1. The summed E-state index contributed by atoms with van der Waals surface area (Å²) in [7, 11) is 1.64. The van der Waals surface area contributed by atoms with E-state index in [9.17, 15) is 9.90 Å². The Morgan fingerprint density at radius 2 is 1.81 bits per heavy atom. The highest BCUT2D eigenvalue weighted by Gasteiger charge is 2.51. The topological polar surface area (TPSA) is 75.8 Å². The first kappa shape index (κ1) is 20.6. The summed E-state index contributed by atoms with van der Waals surface area (Å²) in [6.45, 7) is 1.03. The molecule has 1 aromatic heterocycles. The van der Waals surface area contributed by atoms with Crippen molar-refractivity contribution in [2.24, 2.45) is 23.2 Å². The van der Waals surface area contributed by atoms with Crippen molar-refractivity contribution in [2.45, 2.75) is 44.9 Å². The molecule has 1 N–H and O–H groups in total. The zero-order valence-electron chi connectivity index (χ0n) is 18.3. The zero-order valence-corrected chi connectivity index (χ0v) is 18.3. The van der Waals surface area contributed by atoms with Crippen LogP contribution in [0.2, 0.25) is 0 Å². The lowest BCUT2D eigenvalue weighted by molar-refractivity contribution is -0.0665. The third-order valence-corrected chi connectivity index (χ3v) is 7.66. The standard InChI is InChI=1S/C25H32N2O4/c1-30-22-4-2-17(3-5-22)11-21-12-23(31-26-21)24(29)27(6-7-28)16-25-13-18-8-19(14-25)10-20(9-18)15-25/h2-5,12,18-20,28H,6-11,13-16H2,1H3. The van der Waals surface area contributed by atoms with Crippen molar-refractivity contribution in [3.63, 3.8) is 0 Å². The molecule has 0 atom stereocenters. The molecule has 166 valence electrons. The van der Waals surface area contributed by atoms with Gasteiger partial charge in [0, 0.05) is 25.6 Å². The van der Waals surface area contributed by atoms with E-state index in [1.165, 1.54) is 38.5 Å². The Bertz CT molecular complexity index is 885. The van der Waals surface area contributed by atoms with E-state index < -0.39 is 0 Å². The molecule has 1 aromatic carbocycles. The fraction of sp³-hybridized carbons (Fsp3) is 0.600. The average Bonchev–Trinajstić information content (AvgIpc) is 3.21. The van der Waals surface area contributed by atoms with Crippen LogP contribution in [0.5, 0.6) is 5.75 Å². The van der Waals surface area contributed by atoms with Crippen molar-refractivity contribution >= 4 is 5.91 Å². The summed E-state index contributed by atoms with van der Waals surface area (Å²) in [5.74, 6) is 3.42. The number of aliphatic hydroxyl groups excluding tert-OH is 1. The molecule has 1 amide bonds. The largest absolute Gasteiger partial charge is 0.497 e. The molecule has 4 aliphatic carbocycles. The minimum atomic E-state index is -0.154. The Morgan fingerprint density at radius 3 is 2.39 bits per heavy atom. The number of aliphatic hydroxyl groups is 1. The molecule has 6 nitrogen and oxygen atoms in total. The summed E-state index contributed by atoms with van der Waals surface area (Å²) in [6, 6.07) is 9.54. The van der Waals surface area contributed by atoms with Gasteiger partial charge in [-0.2, -0.15) is 0 Å². The molecule has 4 saturated carbocycles. The van der Waals surface area contributed by atoms with Crippen LogP contribution in [0.1, 0.15) is 60.3 Å². The van der Waals surface area contributed by atoms with Crippen molar-refractivity contribution in [3.05, 3.63) is 47.3 Å². The minimum Gasteiger partial charge on any atom is -0.497 e. The van der Waals surface area contributed by atoms with Gasteiger partial charge in [-0.25, -0.2) is 0 Å². The van der Waals surface area contributed by atoms with Gasteiger partial charge in [0.1, 0.15) is 5.75 Å². The quantitative estimate of drug-likeness (QED) is 0.695. The molecular weight excluding hydrogens is 392 g/mol. The predicted octanol–water partition coefficient (Wildman–Crippen LogP) is 3.92. The van der Waals surface area contributed by atoms with Gasteiger partial charge in [-0.05, 0) is 79.4 Å². The van der Waals surface area contributed by atoms with Crippen LogP contribution in [-0.2, 0) is 6.42 Å². The maximum Gasteiger partial charge on any atom is 0.292 e. The van der Waals surface area contributed by atoms with E-state index in [1.807, 2.05) is 29.2 Å². The van der Waals surface area contributed by atoms with Crippen LogP contribution in [0.25, 0.3) is 0 Å². The Hall–Kier alpha value is -2.34. The summed E-state index contributed by atoms with van der Waals surface area (Å²) < 4.78 is 10.6. The molecule has 31 heavy (non-hydrogen) atoms. The van der Waals surface area contributed by atoms with Gasteiger partial charge in [0.05, 0.1) is 19.4 Å². The van der Waals surface area contributed by atoms with Gasteiger partial charge in [0.25, 0.3) is 5.91 Å². The molecule has 0 aliphatic heterocycles. The fourth-order valence-corrected chi connectivity index (χ4v) is 6.87. The maximum atomic E-state index is 13.3. The number of hydrogen-bond donors (Lipinski definition) is 1. The van der Waals surface area contributed by atoms with Gasteiger partial charge in [0.2, 0.25) is 5.76 Å². The zero-order chi connectivity index (χ0) is 21.4. The molecule has 4 bridgehead atoms. The minimum absolute atomic E-state index is 0.0368. The monoisotopic (exact) mass is 424 g/mol. The van der Waals surface area contributed by atoms with Gasteiger partial charge < -0.3 is 19.3 Å². The van der Waals surface area contributed by atoms with Gasteiger partial charge in [0.15, 0.2) is 0 Å². The Kier molecular flexibility index (Phi) is 5.51. The van der Waals surface area contributed by atoms with Gasteiger partial charge >= 0.3 is 0 Å².